The second kappa shape index (κ2) is 5.48. The summed E-state index contributed by atoms with van der Waals surface area (Å²) in [5, 5.41) is 3.43. The zero-order chi connectivity index (χ0) is 12.8. The number of hydrogen-bond donors (Lipinski definition) is 1. The van der Waals surface area contributed by atoms with Crippen molar-refractivity contribution in [3.05, 3.63) is 60.2 Å². The molecular formula is C15H17N3. The number of hydrogen-bond acceptors (Lipinski definition) is 1. The quantitative estimate of drug-likeness (QED) is 0.636. The number of anilines is 1. The first-order valence-corrected chi connectivity index (χ1v) is 6.17. The zero-order valence-corrected chi connectivity index (χ0v) is 10.5. The van der Waals surface area contributed by atoms with E-state index < -0.39 is 0 Å². The lowest BCUT2D eigenvalue weighted by atomic mass is 9.81. The Morgan fingerprint density at radius 2 is 1.83 bits per heavy atom. The molecule has 1 aromatic carbocycles. The Hall–Kier alpha value is -2.12. The van der Waals surface area contributed by atoms with Gasteiger partial charge in [0, 0.05) is 29.8 Å². The molecule has 2 rings (SSSR count). The minimum absolute atomic E-state index is 0.00989. The molecule has 0 atom stereocenters. The van der Waals surface area contributed by atoms with E-state index in [9.17, 15) is 0 Å². The molecule has 1 aliphatic rings. The van der Waals surface area contributed by atoms with Crippen LogP contribution in [0.3, 0.4) is 0 Å². The Labute approximate surface area is 107 Å². The van der Waals surface area contributed by atoms with E-state index in [-0.39, 0.29) is 5.41 Å². The lowest BCUT2D eigenvalue weighted by Crippen LogP contribution is -2.27. The largest absolute Gasteiger partial charge is 0.384 e. The van der Waals surface area contributed by atoms with E-state index in [4.69, 9.17) is 5.53 Å². The summed E-state index contributed by atoms with van der Waals surface area (Å²) in [6.07, 6.45) is 8.90. The van der Waals surface area contributed by atoms with Gasteiger partial charge in [-0.05, 0) is 18.6 Å². The third-order valence-corrected chi connectivity index (χ3v) is 3.34. The van der Waals surface area contributed by atoms with Crippen molar-refractivity contribution in [2.24, 2.45) is 5.41 Å². The summed E-state index contributed by atoms with van der Waals surface area (Å²) in [6.45, 7) is 2.99. The number of para-hydroxylation sites is 1. The summed E-state index contributed by atoms with van der Waals surface area (Å²) in [7, 11) is 0. The van der Waals surface area contributed by atoms with E-state index in [2.05, 4.69) is 41.3 Å². The molecule has 3 heteroatoms. The maximum atomic E-state index is 8.71. The summed E-state index contributed by atoms with van der Waals surface area (Å²) < 4.78 is 0. The highest BCUT2D eigenvalue weighted by Crippen LogP contribution is 2.28. The molecule has 18 heavy (non-hydrogen) atoms. The fourth-order valence-electron chi connectivity index (χ4n) is 1.98. The van der Waals surface area contributed by atoms with Crippen LogP contribution in [0.1, 0.15) is 13.3 Å². The first-order valence-electron chi connectivity index (χ1n) is 6.17. The molecule has 0 fully saturated rings. The van der Waals surface area contributed by atoms with Crippen LogP contribution in [0.4, 0.5) is 5.69 Å². The lowest BCUT2D eigenvalue weighted by molar-refractivity contribution is -0.00179. The van der Waals surface area contributed by atoms with Gasteiger partial charge < -0.3 is 10.8 Å². The van der Waals surface area contributed by atoms with Crippen LogP contribution in [0.25, 0.3) is 5.53 Å². The van der Waals surface area contributed by atoms with Crippen LogP contribution >= 0.6 is 0 Å². The van der Waals surface area contributed by atoms with Gasteiger partial charge in [0.15, 0.2) is 0 Å². The van der Waals surface area contributed by atoms with Gasteiger partial charge in [0.1, 0.15) is 0 Å². The average Bonchev–Trinajstić information content (AvgIpc) is 2.47. The van der Waals surface area contributed by atoms with E-state index in [1.807, 2.05) is 30.4 Å². The summed E-state index contributed by atoms with van der Waals surface area (Å²) in [6, 6.07) is 10.2. The van der Waals surface area contributed by atoms with Crippen molar-refractivity contribution in [1.82, 2.24) is 0 Å². The molecule has 0 saturated heterocycles. The van der Waals surface area contributed by atoms with Crippen molar-refractivity contribution in [2.45, 2.75) is 13.3 Å². The summed E-state index contributed by atoms with van der Waals surface area (Å²) in [5.74, 6) is 0. The molecule has 0 bridgehead atoms. The highest BCUT2D eigenvalue weighted by atomic mass is 14.9. The van der Waals surface area contributed by atoms with Gasteiger partial charge in [0.2, 0.25) is 0 Å². The molecule has 0 aromatic heterocycles. The molecule has 0 heterocycles. The van der Waals surface area contributed by atoms with Crippen molar-refractivity contribution in [3.63, 3.8) is 0 Å². The minimum Gasteiger partial charge on any atom is -0.384 e. The summed E-state index contributed by atoms with van der Waals surface area (Å²) >= 11 is 0. The summed E-state index contributed by atoms with van der Waals surface area (Å²) in [4.78, 5) is 3.19. The fourth-order valence-corrected chi connectivity index (χ4v) is 1.98. The van der Waals surface area contributed by atoms with Crippen LogP contribution < -0.4 is 5.32 Å². The third-order valence-electron chi connectivity index (χ3n) is 3.34. The highest BCUT2D eigenvalue weighted by molar-refractivity contribution is 6.00. The Morgan fingerprint density at radius 1 is 1.17 bits per heavy atom. The second-order valence-corrected chi connectivity index (χ2v) is 4.50. The van der Waals surface area contributed by atoms with E-state index in [0.717, 1.165) is 18.7 Å². The molecule has 0 saturated carbocycles. The molecular weight excluding hydrogens is 222 g/mol. The molecule has 0 spiro atoms. The fraction of sp³-hybridized carbons (Fsp3) is 0.267. The number of nitrogens with one attached hydrogen (secondary N) is 1. The average molecular weight is 239 g/mol. The van der Waals surface area contributed by atoms with Gasteiger partial charge in [-0.1, -0.05) is 37.3 Å². The van der Waals surface area contributed by atoms with Crippen molar-refractivity contribution in [3.8, 4) is 0 Å². The van der Waals surface area contributed by atoms with Crippen LogP contribution in [-0.2, 0) is 0 Å². The van der Waals surface area contributed by atoms with Crippen molar-refractivity contribution in [2.75, 3.05) is 11.9 Å². The SMILES string of the molecule is CCC1(CNc2ccccc2)C=CC(=[N+]=[N-])C=C1. The Morgan fingerprint density at radius 3 is 2.39 bits per heavy atom. The second-order valence-electron chi connectivity index (χ2n) is 4.50. The highest BCUT2D eigenvalue weighted by Gasteiger charge is 2.25. The first kappa shape index (κ1) is 12.3. The van der Waals surface area contributed by atoms with E-state index in [1.165, 1.54) is 0 Å². The lowest BCUT2D eigenvalue weighted by Gasteiger charge is -2.27. The maximum absolute atomic E-state index is 8.71. The molecule has 0 radical (unpaired) electrons. The smallest absolute Gasteiger partial charge is 0.314 e. The molecule has 3 nitrogen and oxygen atoms in total. The third kappa shape index (κ3) is 2.76. The number of rotatable bonds is 4. The van der Waals surface area contributed by atoms with Crippen LogP contribution in [0, 0.1) is 5.41 Å². The van der Waals surface area contributed by atoms with Crippen molar-refractivity contribution in [1.29, 1.82) is 0 Å². The van der Waals surface area contributed by atoms with Gasteiger partial charge in [-0.3, -0.25) is 0 Å². The van der Waals surface area contributed by atoms with Gasteiger partial charge in [0.25, 0.3) is 0 Å². The van der Waals surface area contributed by atoms with Gasteiger partial charge in [0.05, 0.1) is 0 Å². The monoisotopic (exact) mass is 239 g/mol. The minimum atomic E-state index is -0.00989. The number of allylic oxidation sites excluding steroid dienone is 2. The van der Waals surface area contributed by atoms with Crippen LogP contribution in [-0.4, -0.2) is 17.0 Å². The zero-order valence-electron chi connectivity index (χ0n) is 10.5. The van der Waals surface area contributed by atoms with E-state index in [0.29, 0.717) is 5.71 Å². The topological polar surface area (TPSA) is 48.4 Å². The normalized spacial score (nSPS) is 21.7. The molecule has 92 valence electrons. The van der Waals surface area contributed by atoms with E-state index in [1.54, 1.807) is 0 Å². The standard InChI is InChI=1S/C15H17N3/c1-2-15(10-8-14(18-16)9-11-15)12-17-13-6-4-3-5-7-13/h3-11,17H,2,12H2,1H3. The number of benzene rings is 1. The Kier molecular flexibility index (Phi) is 3.75. The molecule has 0 unspecified atom stereocenters. The van der Waals surface area contributed by atoms with Crippen LogP contribution in [0.15, 0.2) is 54.6 Å². The van der Waals surface area contributed by atoms with E-state index >= 15 is 0 Å². The Bertz CT molecular complexity index is 492. The predicted molar refractivity (Wildman–Crippen MR) is 74.6 cm³/mol. The Balaban J connectivity index is 2.07. The predicted octanol–water partition coefficient (Wildman–Crippen LogP) is 3.29. The summed E-state index contributed by atoms with van der Waals surface area (Å²) in [5.41, 5.74) is 10.4. The van der Waals surface area contributed by atoms with Crippen molar-refractivity contribution < 1.29 is 4.79 Å². The molecule has 0 amide bonds. The first-order chi connectivity index (χ1) is 8.78. The number of nitrogens with zero attached hydrogens (tertiary/aromatic N) is 2. The molecule has 1 aliphatic carbocycles. The van der Waals surface area contributed by atoms with Gasteiger partial charge in [-0.2, -0.15) is 4.79 Å². The van der Waals surface area contributed by atoms with Gasteiger partial charge >= 0.3 is 5.71 Å². The van der Waals surface area contributed by atoms with Gasteiger partial charge in [-0.15, -0.1) is 0 Å². The molecule has 0 aliphatic heterocycles. The maximum Gasteiger partial charge on any atom is 0.314 e. The molecule has 1 aromatic rings. The van der Waals surface area contributed by atoms with Crippen LogP contribution in [0.2, 0.25) is 0 Å². The van der Waals surface area contributed by atoms with Crippen molar-refractivity contribution >= 4 is 11.4 Å². The van der Waals surface area contributed by atoms with Gasteiger partial charge in [-0.25, -0.2) is 0 Å². The van der Waals surface area contributed by atoms with Crippen LogP contribution in [0.5, 0.6) is 0 Å². The molecule has 1 N–H and O–H groups in total.